The third-order valence-corrected chi connectivity index (χ3v) is 3.04. The molecule has 0 aromatic heterocycles. The molecule has 1 rings (SSSR count). The highest BCUT2D eigenvalue weighted by Crippen LogP contribution is 2.44. The first kappa shape index (κ1) is 12.6. The first-order valence-electron chi connectivity index (χ1n) is 4.75. The summed E-state index contributed by atoms with van der Waals surface area (Å²) in [5.74, 6) is -4.61. The van der Waals surface area contributed by atoms with Gasteiger partial charge in [0.2, 0.25) is 6.43 Å². The van der Waals surface area contributed by atoms with Crippen molar-refractivity contribution in [1.29, 1.82) is 0 Å². The van der Waals surface area contributed by atoms with Crippen LogP contribution in [0.3, 0.4) is 0 Å². The first-order chi connectivity index (χ1) is 7.30. The highest BCUT2D eigenvalue weighted by atomic mass is 19.3. The highest BCUT2D eigenvalue weighted by molar-refractivity contribution is 5.90. The van der Waals surface area contributed by atoms with Gasteiger partial charge in [0.15, 0.2) is 0 Å². The number of carbonyl (C=O) groups is 2. The van der Waals surface area contributed by atoms with E-state index in [0.29, 0.717) is 0 Å². The topological polar surface area (TPSA) is 74.6 Å². The van der Waals surface area contributed by atoms with Crippen molar-refractivity contribution in [2.24, 2.45) is 11.3 Å². The van der Waals surface area contributed by atoms with Crippen LogP contribution in [0, 0.1) is 11.3 Å². The normalized spacial score (nSPS) is 30.0. The molecule has 0 aromatic rings. The summed E-state index contributed by atoms with van der Waals surface area (Å²) in [7, 11) is 0. The smallest absolute Gasteiger partial charge is 0.331 e. The second-order valence-corrected chi connectivity index (χ2v) is 4.04. The van der Waals surface area contributed by atoms with E-state index >= 15 is 0 Å². The maximum Gasteiger partial charge on any atom is 0.331 e. The zero-order valence-electron chi connectivity index (χ0n) is 8.61. The molecule has 90 valence electrons. The zero-order valence-corrected chi connectivity index (χ0v) is 8.61. The van der Waals surface area contributed by atoms with Crippen LogP contribution in [0.15, 0.2) is 11.6 Å². The van der Waals surface area contributed by atoms with Crippen LogP contribution in [0.2, 0.25) is 0 Å². The number of hydrogen-bond acceptors (Lipinski definition) is 2. The molecule has 0 fully saturated rings. The van der Waals surface area contributed by atoms with E-state index in [9.17, 15) is 18.4 Å². The summed E-state index contributed by atoms with van der Waals surface area (Å²) in [6, 6.07) is 0. The number of hydrogen-bond donors (Lipinski definition) is 2. The average molecular weight is 234 g/mol. The first-order valence-corrected chi connectivity index (χ1v) is 4.75. The van der Waals surface area contributed by atoms with Crippen LogP contribution in [0.5, 0.6) is 0 Å². The molecule has 4 nitrogen and oxygen atoms in total. The van der Waals surface area contributed by atoms with Gasteiger partial charge < -0.3 is 10.2 Å². The van der Waals surface area contributed by atoms with E-state index in [4.69, 9.17) is 10.2 Å². The SMILES string of the molecule is CC1(C(=O)O)CCC=C(C(=O)O)C1C(F)F. The maximum absolute atomic E-state index is 12.8. The molecule has 2 unspecified atom stereocenters. The van der Waals surface area contributed by atoms with Gasteiger partial charge in [-0.05, 0) is 19.8 Å². The quantitative estimate of drug-likeness (QED) is 0.780. The largest absolute Gasteiger partial charge is 0.481 e. The minimum atomic E-state index is -3.00. The lowest BCUT2D eigenvalue weighted by molar-refractivity contribution is -0.156. The number of aliphatic carboxylic acids is 2. The standard InChI is InChI=1S/C10H12F2O4/c1-10(9(15)16)4-2-3-5(8(13)14)6(10)7(11)12/h3,6-7H,2,4H2,1H3,(H,13,14)(H,15,16). The summed E-state index contributed by atoms with van der Waals surface area (Å²) < 4.78 is 25.6. The van der Waals surface area contributed by atoms with E-state index in [1.165, 1.54) is 13.0 Å². The van der Waals surface area contributed by atoms with E-state index in [2.05, 4.69) is 0 Å². The van der Waals surface area contributed by atoms with E-state index in [-0.39, 0.29) is 12.8 Å². The maximum atomic E-state index is 12.8. The summed E-state index contributed by atoms with van der Waals surface area (Å²) in [6.45, 7) is 1.17. The third kappa shape index (κ3) is 1.91. The number of carboxylic acids is 2. The molecule has 16 heavy (non-hydrogen) atoms. The zero-order chi connectivity index (χ0) is 12.5. The molecule has 0 aliphatic heterocycles. The minimum Gasteiger partial charge on any atom is -0.481 e. The summed E-state index contributed by atoms with van der Waals surface area (Å²) in [5.41, 5.74) is -2.21. The predicted octanol–water partition coefficient (Wildman–Crippen LogP) is 1.76. The minimum absolute atomic E-state index is 0.0219. The Labute approximate surface area is 90.6 Å². The van der Waals surface area contributed by atoms with Crippen LogP contribution < -0.4 is 0 Å². The fraction of sp³-hybridized carbons (Fsp3) is 0.600. The molecule has 1 aliphatic rings. The van der Waals surface area contributed by atoms with Gasteiger partial charge in [-0.15, -0.1) is 0 Å². The van der Waals surface area contributed by atoms with Gasteiger partial charge in [0.1, 0.15) is 0 Å². The Kier molecular flexibility index (Phi) is 3.30. The Balaban J connectivity index is 3.21. The molecular formula is C10H12F2O4. The molecule has 0 radical (unpaired) electrons. The molecule has 0 saturated carbocycles. The van der Waals surface area contributed by atoms with Crippen molar-refractivity contribution in [2.75, 3.05) is 0 Å². The van der Waals surface area contributed by atoms with Crippen molar-refractivity contribution in [3.63, 3.8) is 0 Å². The van der Waals surface area contributed by atoms with Gasteiger partial charge in [-0.25, -0.2) is 13.6 Å². The lowest BCUT2D eigenvalue weighted by Crippen LogP contribution is -2.44. The summed E-state index contributed by atoms with van der Waals surface area (Å²) in [5, 5.41) is 17.7. The highest BCUT2D eigenvalue weighted by Gasteiger charge is 2.51. The Morgan fingerprint density at radius 2 is 2.06 bits per heavy atom. The van der Waals surface area contributed by atoms with Gasteiger partial charge in [-0.1, -0.05) is 6.08 Å². The number of halogens is 2. The molecule has 0 heterocycles. The Bertz CT molecular complexity index is 351. The van der Waals surface area contributed by atoms with Gasteiger partial charge in [0, 0.05) is 5.57 Å². The van der Waals surface area contributed by atoms with Crippen molar-refractivity contribution in [3.8, 4) is 0 Å². The predicted molar refractivity (Wildman–Crippen MR) is 50.2 cm³/mol. The average Bonchev–Trinajstić information content (AvgIpc) is 2.16. The van der Waals surface area contributed by atoms with Gasteiger partial charge >= 0.3 is 11.9 Å². The Hall–Kier alpha value is -1.46. The van der Waals surface area contributed by atoms with E-state index in [0.717, 1.165) is 0 Å². The van der Waals surface area contributed by atoms with Crippen LogP contribution in [-0.4, -0.2) is 28.6 Å². The molecule has 6 heteroatoms. The number of allylic oxidation sites excluding steroid dienone is 1. The number of rotatable bonds is 3. The van der Waals surface area contributed by atoms with Crippen molar-refractivity contribution in [2.45, 2.75) is 26.2 Å². The summed E-state index contributed by atoms with van der Waals surface area (Å²) in [6.07, 6.45) is -1.60. The summed E-state index contributed by atoms with van der Waals surface area (Å²) in [4.78, 5) is 21.8. The van der Waals surface area contributed by atoms with Gasteiger partial charge in [-0.3, -0.25) is 4.79 Å². The molecular weight excluding hydrogens is 222 g/mol. The molecule has 0 bridgehead atoms. The number of carboxylic acid groups (broad SMARTS) is 2. The fourth-order valence-corrected chi connectivity index (χ4v) is 2.03. The van der Waals surface area contributed by atoms with Crippen LogP contribution >= 0.6 is 0 Å². The lowest BCUT2D eigenvalue weighted by atomic mass is 9.67. The fourth-order valence-electron chi connectivity index (χ4n) is 2.03. The lowest BCUT2D eigenvalue weighted by Gasteiger charge is -2.36. The second kappa shape index (κ2) is 4.19. The Morgan fingerprint density at radius 3 is 2.44 bits per heavy atom. The third-order valence-electron chi connectivity index (χ3n) is 3.04. The van der Waals surface area contributed by atoms with Crippen LogP contribution in [0.1, 0.15) is 19.8 Å². The van der Waals surface area contributed by atoms with Gasteiger partial charge in [0.25, 0.3) is 0 Å². The molecule has 2 atom stereocenters. The summed E-state index contributed by atoms with van der Waals surface area (Å²) >= 11 is 0. The van der Waals surface area contributed by atoms with Crippen molar-refractivity contribution in [3.05, 3.63) is 11.6 Å². The van der Waals surface area contributed by atoms with E-state index in [1.54, 1.807) is 0 Å². The van der Waals surface area contributed by atoms with E-state index in [1.807, 2.05) is 0 Å². The molecule has 0 spiro atoms. The van der Waals surface area contributed by atoms with Crippen LogP contribution in [0.4, 0.5) is 8.78 Å². The van der Waals surface area contributed by atoms with Crippen LogP contribution in [0.25, 0.3) is 0 Å². The van der Waals surface area contributed by atoms with Gasteiger partial charge in [-0.2, -0.15) is 0 Å². The number of alkyl halides is 2. The Morgan fingerprint density at radius 1 is 1.50 bits per heavy atom. The van der Waals surface area contributed by atoms with E-state index < -0.39 is 35.3 Å². The van der Waals surface area contributed by atoms with Crippen molar-refractivity contribution < 1.29 is 28.6 Å². The van der Waals surface area contributed by atoms with Gasteiger partial charge in [0.05, 0.1) is 11.3 Å². The van der Waals surface area contributed by atoms with Crippen molar-refractivity contribution in [1.82, 2.24) is 0 Å². The molecule has 0 aromatic carbocycles. The van der Waals surface area contributed by atoms with Crippen molar-refractivity contribution >= 4 is 11.9 Å². The molecule has 0 saturated heterocycles. The monoisotopic (exact) mass is 234 g/mol. The molecule has 2 N–H and O–H groups in total. The van der Waals surface area contributed by atoms with Crippen LogP contribution in [-0.2, 0) is 9.59 Å². The molecule has 0 amide bonds. The second-order valence-electron chi connectivity index (χ2n) is 4.04. The molecule has 1 aliphatic carbocycles.